The average molecular weight is 190 g/mol. The molecule has 0 N–H and O–H groups in total. The van der Waals surface area contributed by atoms with E-state index in [0.717, 1.165) is 12.8 Å². The number of hydrogen-bond donors (Lipinski definition) is 0. The first-order valence-corrected chi connectivity index (χ1v) is 4.28. The topological polar surface area (TPSA) is 66.0 Å². The van der Waals surface area contributed by atoms with Gasteiger partial charge in [-0.1, -0.05) is 0 Å². The quantitative estimate of drug-likeness (QED) is 0.675. The van der Waals surface area contributed by atoms with E-state index in [2.05, 4.69) is 0 Å². The van der Waals surface area contributed by atoms with Gasteiger partial charge < -0.3 is 9.47 Å². The minimum absolute atomic E-state index is 0.000906. The van der Waals surface area contributed by atoms with E-state index < -0.39 is 0 Å². The second-order valence-corrected chi connectivity index (χ2v) is 2.61. The third-order valence-corrected chi connectivity index (χ3v) is 1.65. The summed E-state index contributed by atoms with van der Waals surface area (Å²) in [5.74, 6) is 1.13. The molecule has 0 spiro atoms. The molecule has 0 heterocycles. The summed E-state index contributed by atoms with van der Waals surface area (Å²) in [6, 6.07) is 3.76. The standard InChI is InChI=1S/C10H10N2O2/c11-5-7-13-9-3-1-2-4-10(9)14-8-6-12/h3-4H,1-2,7-8H2. The molecular weight excluding hydrogens is 180 g/mol. The van der Waals surface area contributed by atoms with Crippen LogP contribution >= 0.6 is 0 Å². The van der Waals surface area contributed by atoms with Crippen LogP contribution in [0.4, 0.5) is 0 Å². The Morgan fingerprint density at radius 1 is 1.00 bits per heavy atom. The van der Waals surface area contributed by atoms with Gasteiger partial charge in [0.25, 0.3) is 0 Å². The molecule has 0 amide bonds. The maximum Gasteiger partial charge on any atom is 0.174 e. The maximum atomic E-state index is 8.34. The van der Waals surface area contributed by atoms with Crippen LogP contribution in [-0.2, 0) is 9.47 Å². The maximum absolute atomic E-state index is 8.34. The van der Waals surface area contributed by atoms with Crippen molar-refractivity contribution in [3.05, 3.63) is 23.7 Å². The molecule has 0 aromatic heterocycles. The molecule has 4 nitrogen and oxygen atoms in total. The van der Waals surface area contributed by atoms with E-state index in [9.17, 15) is 0 Å². The molecule has 1 rings (SSSR count). The van der Waals surface area contributed by atoms with Gasteiger partial charge in [0, 0.05) is 0 Å². The zero-order chi connectivity index (χ0) is 10.2. The minimum atomic E-state index is -0.000906. The van der Waals surface area contributed by atoms with E-state index in [0.29, 0.717) is 11.5 Å². The van der Waals surface area contributed by atoms with Crippen molar-refractivity contribution in [2.75, 3.05) is 13.2 Å². The normalized spacial score (nSPS) is 14.4. The fraction of sp³-hybridized carbons (Fsp3) is 0.400. The molecule has 4 heteroatoms. The zero-order valence-corrected chi connectivity index (χ0v) is 7.69. The van der Waals surface area contributed by atoms with Crippen molar-refractivity contribution in [3.63, 3.8) is 0 Å². The summed E-state index contributed by atoms with van der Waals surface area (Å²) < 4.78 is 10.3. The highest BCUT2D eigenvalue weighted by molar-refractivity contribution is 5.24. The number of ether oxygens (including phenoxy) is 2. The van der Waals surface area contributed by atoms with Crippen molar-refractivity contribution in [1.82, 2.24) is 0 Å². The van der Waals surface area contributed by atoms with Crippen LogP contribution in [-0.4, -0.2) is 13.2 Å². The summed E-state index contributed by atoms with van der Waals surface area (Å²) in [6.45, 7) is -0.00181. The first kappa shape index (κ1) is 10.1. The van der Waals surface area contributed by atoms with Crippen LogP contribution in [0, 0.1) is 22.7 Å². The van der Waals surface area contributed by atoms with Crippen LogP contribution in [0.25, 0.3) is 0 Å². The van der Waals surface area contributed by atoms with Gasteiger partial charge in [-0.2, -0.15) is 10.5 Å². The van der Waals surface area contributed by atoms with Crippen LogP contribution in [0.15, 0.2) is 23.7 Å². The lowest BCUT2D eigenvalue weighted by molar-refractivity contribution is 0.181. The van der Waals surface area contributed by atoms with Crippen molar-refractivity contribution < 1.29 is 9.47 Å². The fourth-order valence-corrected chi connectivity index (χ4v) is 1.11. The van der Waals surface area contributed by atoms with Crippen LogP contribution < -0.4 is 0 Å². The van der Waals surface area contributed by atoms with Gasteiger partial charge in [-0.05, 0) is 25.0 Å². The summed E-state index contributed by atoms with van der Waals surface area (Å²) in [5.41, 5.74) is 0. The molecule has 0 aliphatic heterocycles. The molecule has 0 aromatic rings. The highest BCUT2D eigenvalue weighted by atomic mass is 16.5. The smallest absolute Gasteiger partial charge is 0.174 e. The summed E-state index contributed by atoms with van der Waals surface area (Å²) >= 11 is 0. The predicted octanol–water partition coefficient (Wildman–Crippen LogP) is 1.63. The van der Waals surface area contributed by atoms with Gasteiger partial charge in [0.05, 0.1) is 0 Å². The molecule has 0 fully saturated rings. The van der Waals surface area contributed by atoms with Gasteiger partial charge in [0.15, 0.2) is 24.7 Å². The molecule has 0 radical (unpaired) electrons. The molecule has 0 saturated heterocycles. The first-order chi connectivity index (χ1) is 6.88. The van der Waals surface area contributed by atoms with Crippen molar-refractivity contribution in [1.29, 1.82) is 10.5 Å². The number of rotatable bonds is 4. The molecule has 0 aromatic carbocycles. The van der Waals surface area contributed by atoms with Crippen molar-refractivity contribution >= 4 is 0 Å². The predicted molar refractivity (Wildman–Crippen MR) is 48.5 cm³/mol. The van der Waals surface area contributed by atoms with E-state index in [-0.39, 0.29) is 13.2 Å². The highest BCUT2D eigenvalue weighted by Gasteiger charge is 2.11. The molecule has 72 valence electrons. The van der Waals surface area contributed by atoms with Gasteiger partial charge in [-0.3, -0.25) is 0 Å². The summed E-state index contributed by atoms with van der Waals surface area (Å²) in [7, 11) is 0. The second kappa shape index (κ2) is 5.66. The lowest BCUT2D eigenvalue weighted by atomic mass is 10.1. The van der Waals surface area contributed by atoms with E-state index >= 15 is 0 Å². The van der Waals surface area contributed by atoms with Gasteiger partial charge in [0.1, 0.15) is 12.1 Å². The van der Waals surface area contributed by atoms with Gasteiger partial charge in [0.2, 0.25) is 0 Å². The van der Waals surface area contributed by atoms with E-state index in [1.165, 1.54) is 0 Å². The summed E-state index contributed by atoms with van der Waals surface area (Å²) in [6.07, 6.45) is 5.48. The van der Waals surface area contributed by atoms with E-state index in [1.54, 1.807) is 0 Å². The molecule has 0 bridgehead atoms. The van der Waals surface area contributed by atoms with Crippen LogP contribution in [0.3, 0.4) is 0 Å². The van der Waals surface area contributed by atoms with Crippen molar-refractivity contribution in [2.45, 2.75) is 12.8 Å². The lowest BCUT2D eigenvalue weighted by Gasteiger charge is -2.14. The number of nitrogens with zero attached hydrogens (tertiary/aromatic N) is 2. The van der Waals surface area contributed by atoms with Crippen molar-refractivity contribution in [2.24, 2.45) is 0 Å². The van der Waals surface area contributed by atoms with Gasteiger partial charge >= 0.3 is 0 Å². The summed E-state index contributed by atoms with van der Waals surface area (Å²) in [4.78, 5) is 0. The molecule has 1 aliphatic carbocycles. The molecular formula is C10H10N2O2. The molecule has 1 aliphatic rings. The highest BCUT2D eigenvalue weighted by Crippen LogP contribution is 2.20. The number of hydrogen-bond acceptors (Lipinski definition) is 4. The molecule has 0 unspecified atom stereocenters. The summed E-state index contributed by atoms with van der Waals surface area (Å²) in [5, 5.41) is 16.7. The van der Waals surface area contributed by atoms with Gasteiger partial charge in [-0.15, -0.1) is 0 Å². The molecule has 0 saturated carbocycles. The second-order valence-electron chi connectivity index (χ2n) is 2.61. The SMILES string of the molecule is N#CCOC1=CCCC=C1OCC#N. The van der Waals surface area contributed by atoms with E-state index in [4.69, 9.17) is 20.0 Å². The van der Waals surface area contributed by atoms with Crippen molar-refractivity contribution in [3.8, 4) is 12.1 Å². The Morgan fingerprint density at radius 3 is 1.79 bits per heavy atom. The number of nitriles is 2. The fourth-order valence-electron chi connectivity index (χ4n) is 1.11. The molecule has 14 heavy (non-hydrogen) atoms. The van der Waals surface area contributed by atoms with Crippen LogP contribution in [0.5, 0.6) is 0 Å². The third-order valence-electron chi connectivity index (χ3n) is 1.65. The Morgan fingerprint density at radius 2 is 1.43 bits per heavy atom. The molecule has 0 atom stereocenters. The monoisotopic (exact) mass is 190 g/mol. The Balaban J connectivity index is 2.54. The van der Waals surface area contributed by atoms with Gasteiger partial charge in [-0.25, -0.2) is 0 Å². The van der Waals surface area contributed by atoms with Crippen LogP contribution in [0.2, 0.25) is 0 Å². The Hall–Kier alpha value is -1.94. The Labute approximate surface area is 82.7 Å². The number of allylic oxidation sites excluding steroid dienone is 2. The average Bonchev–Trinajstić information content (AvgIpc) is 2.24. The minimum Gasteiger partial charge on any atom is -0.475 e. The third kappa shape index (κ3) is 2.84. The largest absolute Gasteiger partial charge is 0.475 e. The Kier molecular flexibility index (Phi) is 4.10. The van der Waals surface area contributed by atoms with E-state index in [1.807, 2.05) is 24.3 Å². The lowest BCUT2D eigenvalue weighted by Crippen LogP contribution is -2.04. The zero-order valence-electron chi connectivity index (χ0n) is 7.69. The Bertz CT molecular complexity index is 297. The van der Waals surface area contributed by atoms with Crippen LogP contribution in [0.1, 0.15) is 12.8 Å². The first-order valence-electron chi connectivity index (χ1n) is 4.28.